The highest BCUT2D eigenvalue weighted by molar-refractivity contribution is 9.10. The second-order valence-electron chi connectivity index (χ2n) is 5.16. The normalized spacial score (nSPS) is 26.0. The molecule has 0 aliphatic carbocycles. The maximum Gasteiger partial charge on any atom is 0.127 e. The van der Waals surface area contributed by atoms with Gasteiger partial charge in [0, 0.05) is 17.1 Å². The summed E-state index contributed by atoms with van der Waals surface area (Å²) in [5, 5.41) is 0. The van der Waals surface area contributed by atoms with Crippen molar-refractivity contribution in [2.75, 3.05) is 6.61 Å². The summed E-state index contributed by atoms with van der Waals surface area (Å²) in [6, 6.07) is 4.93. The van der Waals surface area contributed by atoms with Crippen molar-refractivity contribution in [3.63, 3.8) is 0 Å². The molecule has 2 nitrogen and oxygen atoms in total. The van der Waals surface area contributed by atoms with Crippen LogP contribution in [0.4, 0.5) is 4.39 Å². The molecular weight excluding hydrogens is 297 g/mol. The SMILES string of the molecule is CC1(C(N)Cc2ccc(Br)cc2F)CCCCO1. The molecular formula is C14H19BrFNO. The van der Waals surface area contributed by atoms with Gasteiger partial charge in [-0.25, -0.2) is 4.39 Å². The van der Waals surface area contributed by atoms with E-state index >= 15 is 0 Å². The van der Waals surface area contributed by atoms with E-state index in [1.165, 1.54) is 6.07 Å². The summed E-state index contributed by atoms with van der Waals surface area (Å²) in [7, 11) is 0. The molecule has 100 valence electrons. The standard InChI is InChI=1S/C14H19BrFNO/c1-14(6-2-3-7-18-14)13(17)8-10-4-5-11(15)9-12(10)16/h4-5,9,13H,2-3,6-8,17H2,1H3. The topological polar surface area (TPSA) is 35.2 Å². The van der Waals surface area contributed by atoms with Crippen LogP contribution >= 0.6 is 15.9 Å². The Morgan fingerprint density at radius 2 is 2.28 bits per heavy atom. The predicted molar refractivity (Wildman–Crippen MR) is 74.0 cm³/mol. The van der Waals surface area contributed by atoms with Gasteiger partial charge in [0.1, 0.15) is 5.82 Å². The highest BCUT2D eigenvalue weighted by Crippen LogP contribution is 2.29. The minimum absolute atomic E-state index is 0.173. The zero-order valence-electron chi connectivity index (χ0n) is 10.6. The van der Waals surface area contributed by atoms with Crippen LogP contribution in [0.25, 0.3) is 0 Å². The van der Waals surface area contributed by atoms with E-state index in [0.29, 0.717) is 12.0 Å². The zero-order chi connectivity index (χ0) is 13.2. The predicted octanol–water partition coefficient (Wildman–Crippen LogP) is 3.42. The molecule has 1 aromatic rings. The number of hydrogen-bond donors (Lipinski definition) is 1. The molecule has 2 rings (SSSR count). The Morgan fingerprint density at radius 3 is 2.89 bits per heavy atom. The van der Waals surface area contributed by atoms with Crippen LogP contribution in [0.1, 0.15) is 31.7 Å². The lowest BCUT2D eigenvalue weighted by Gasteiger charge is -2.39. The van der Waals surface area contributed by atoms with Crippen molar-refractivity contribution in [3.05, 3.63) is 34.1 Å². The fourth-order valence-electron chi connectivity index (χ4n) is 2.39. The monoisotopic (exact) mass is 315 g/mol. The third-order valence-corrected chi connectivity index (χ3v) is 4.23. The molecule has 18 heavy (non-hydrogen) atoms. The molecule has 0 spiro atoms. The van der Waals surface area contributed by atoms with Crippen molar-refractivity contribution in [1.29, 1.82) is 0 Å². The molecule has 0 radical (unpaired) electrons. The number of halogens is 2. The number of nitrogens with two attached hydrogens (primary N) is 1. The largest absolute Gasteiger partial charge is 0.374 e. The second-order valence-corrected chi connectivity index (χ2v) is 6.08. The third kappa shape index (κ3) is 3.11. The van der Waals surface area contributed by atoms with Crippen LogP contribution in [-0.4, -0.2) is 18.2 Å². The van der Waals surface area contributed by atoms with Gasteiger partial charge in [-0.3, -0.25) is 0 Å². The number of ether oxygens (including phenoxy) is 1. The Kier molecular flexibility index (Phi) is 4.41. The molecule has 0 amide bonds. The van der Waals surface area contributed by atoms with E-state index in [9.17, 15) is 4.39 Å². The minimum Gasteiger partial charge on any atom is -0.374 e. The molecule has 1 aromatic carbocycles. The summed E-state index contributed by atoms with van der Waals surface area (Å²) < 4.78 is 20.3. The molecule has 1 saturated heterocycles. The average molecular weight is 316 g/mol. The molecule has 1 aliphatic rings. The fourth-order valence-corrected chi connectivity index (χ4v) is 2.72. The van der Waals surface area contributed by atoms with Gasteiger partial charge in [-0.2, -0.15) is 0 Å². The molecule has 2 atom stereocenters. The summed E-state index contributed by atoms with van der Waals surface area (Å²) in [6.07, 6.45) is 3.68. The van der Waals surface area contributed by atoms with Crippen molar-refractivity contribution in [2.24, 2.45) is 5.73 Å². The first kappa shape index (κ1) is 14.0. The summed E-state index contributed by atoms with van der Waals surface area (Å²) in [4.78, 5) is 0. The quantitative estimate of drug-likeness (QED) is 0.927. The Balaban J connectivity index is 2.08. The van der Waals surface area contributed by atoms with Crippen molar-refractivity contribution in [2.45, 2.75) is 44.2 Å². The maximum atomic E-state index is 13.8. The van der Waals surface area contributed by atoms with Gasteiger partial charge in [-0.05, 0) is 50.3 Å². The first-order chi connectivity index (χ1) is 8.51. The van der Waals surface area contributed by atoms with Crippen LogP contribution in [0.15, 0.2) is 22.7 Å². The average Bonchev–Trinajstić information content (AvgIpc) is 2.33. The molecule has 1 fully saturated rings. The highest BCUT2D eigenvalue weighted by atomic mass is 79.9. The Morgan fingerprint density at radius 1 is 1.50 bits per heavy atom. The lowest BCUT2D eigenvalue weighted by Crippen LogP contribution is -2.50. The van der Waals surface area contributed by atoms with Crippen LogP contribution in [0.3, 0.4) is 0 Å². The molecule has 0 bridgehead atoms. The van der Waals surface area contributed by atoms with E-state index in [0.717, 1.165) is 30.3 Å². The van der Waals surface area contributed by atoms with Gasteiger partial charge in [0.2, 0.25) is 0 Å². The van der Waals surface area contributed by atoms with Gasteiger partial charge in [0.05, 0.1) is 5.60 Å². The minimum atomic E-state index is -0.322. The summed E-state index contributed by atoms with van der Waals surface area (Å²) in [5.74, 6) is -0.209. The molecule has 2 N–H and O–H groups in total. The van der Waals surface area contributed by atoms with Gasteiger partial charge >= 0.3 is 0 Å². The van der Waals surface area contributed by atoms with E-state index in [1.54, 1.807) is 6.07 Å². The highest BCUT2D eigenvalue weighted by Gasteiger charge is 2.34. The van der Waals surface area contributed by atoms with Gasteiger partial charge < -0.3 is 10.5 Å². The van der Waals surface area contributed by atoms with Gasteiger partial charge in [-0.15, -0.1) is 0 Å². The molecule has 0 saturated carbocycles. The summed E-state index contributed by atoms with van der Waals surface area (Å²) in [5.41, 5.74) is 6.55. The van der Waals surface area contributed by atoms with Gasteiger partial charge in [-0.1, -0.05) is 22.0 Å². The van der Waals surface area contributed by atoms with Crippen molar-refractivity contribution >= 4 is 15.9 Å². The van der Waals surface area contributed by atoms with E-state index in [1.807, 2.05) is 13.0 Å². The van der Waals surface area contributed by atoms with E-state index in [-0.39, 0.29) is 17.5 Å². The summed E-state index contributed by atoms with van der Waals surface area (Å²) >= 11 is 3.25. The second kappa shape index (κ2) is 5.68. The lowest BCUT2D eigenvalue weighted by atomic mass is 9.85. The van der Waals surface area contributed by atoms with E-state index in [2.05, 4.69) is 15.9 Å². The van der Waals surface area contributed by atoms with Gasteiger partial charge in [0.15, 0.2) is 0 Å². The maximum absolute atomic E-state index is 13.8. The Bertz CT molecular complexity index is 418. The van der Waals surface area contributed by atoms with Crippen LogP contribution in [0.2, 0.25) is 0 Å². The molecule has 4 heteroatoms. The summed E-state index contributed by atoms with van der Waals surface area (Å²) in [6.45, 7) is 2.79. The molecule has 2 unspecified atom stereocenters. The Hall–Kier alpha value is -0.450. The third-order valence-electron chi connectivity index (χ3n) is 3.74. The zero-order valence-corrected chi connectivity index (χ0v) is 12.2. The van der Waals surface area contributed by atoms with Crippen molar-refractivity contribution in [1.82, 2.24) is 0 Å². The van der Waals surface area contributed by atoms with E-state index < -0.39 is 0 Å². The van der Waals surface area contributed by atoms with Crippen molar-refractivity contribution in [3.8, 4) is 0 Å². The van der Waals surface area contributed by atoms with Crippen LogP contribution in [-0.2, 0) is 11.2 Å². The first-order valence-corrected chi connectivity index (χ1v) is 7.14. The fraction of sp³-hybridized carbons (Fsp3) is 0.571. The van der Waals surface area contributed by atoms with E-state index in [4.69, 9.17) is 10.5 Å². The first-order valence-electron chi connectivity index (χ1n) is 6.35. The van der Waals surface area contributed by atoms with Crippen LogP contribution in [0.5, 0.6) is 0 Å². The van der Waals surface area contributed by atoms with Gasteiger partial charge in [0.25, 0.3) is 0 Å². The molecule has 0 aromatic heterocycles. The smallest absolute Gasteiger partial charge is 0.127 e. The number of rotatable bonds is 3. The molecule has 1 aliphatic heterocycles. The van der Waals surface area contributed by atoms with Crippen LogP contribution < -0.4 is 5.73 Å². The number of benzene rings is 1. The molecule has 1 heterocycles. The van der Waals surface area contributed by atoms with Crippen molar-refractivity contribution < 1.29 is 9.13 Å². The number of hydrogen-bond acceptors (Lipinski definition) is 2. The lowest BCUT2D eigenvalue weighted by molar-refractivity contribution is -0.0809. The van der Waals surface area contributed by atoms with Crippen LogP contribution in [0, 0.1) is 5.82 Å². The Labute approximate surface area is 116 Å².